The molecule has 5 nitrogen and oxygen atoms in total. The van der Waals surface area contributed by atoms with E-state index in [4.69, 9.17) is 9.94 Å². The minimum absolute atomic E-state index is 0.0132. The van der Waals surface area contributed by atoms with Gasteiger partial charge in [-0.05, 0) is 18.6 Å². The van der Waals surface area contributed by atoms with Crippen LogP contribution in [-0.2, 0) is 4.79 Å². The Kier molecular flexibility index (Phi) is 4.32. The summed E-state index contributed by atoms with van der Waals surface area (Å²) in [6, 6.07) is 6.11. The monoisotopic (exact) mass is 223 g/mol. The highest BCUT2D eigenvalue weighted by atomic mass is 16.7. The predicted molar refractivity (Wildman–Crippen MR) is 57.1 cm³/mol. The van der Waals surface area contributed by atoms with Crippen LogP contribution >= 0.6 is 0 Å². The Morgan fingerprint density at radius 3 is 2.69 bits per heavy atom. The van der Waals surface area contributed by atoms with E-state index in [1.165, 1.54) is 12.1 Å². The Morgan fingerprint density at radius 2 is 2.06 bits per heavy atom. The molecule has 0 aliphatic heterocycles. The van der Waals surface area contributed by atoms with Crippen LogP contribution in [0.4, 0.5) is 0 Å². The van der Waals surface area contributed by atoms with Gasteiger partial charge in [-0.3, -0.25) is 4.79 Å². The standard InChI is InChI=1S/C11H13NO4/c1-2-5-10(13)12-16-9-7-4-3-6-8(9)11(14)15/h3-4,6-7H,2,5H2,1H3,(H,12,13)(H,14,15). The second-order valence-corrected chi connectivity index (χ2v) is 3.18. The molecule has 0 aliphatic rings. The summed E-state index contributed by atoms with van der Waals surface area (Å²) in [6.45, 7) is 1.87. The summed E-state index contributed by atoms with van der Waals surface area (Å²) in [5.74, 6) is -1.25. The number of carbonyl (C=O) groups is 2. The quantitative estimate of drug-likeness (QED) is 0.743. The van der Waals surface area contributed by atoms with Crippen LogP contribution in [0.1, 0.15) is 30.1 Å². The maximum Gasteiger partial charge on any atom is 0.339 e. The zero-order valence-corrected chi connectivity index (χ0v) is 8.90. The number of nitrogens with one attached hydrogen (secondary N) is 1. The van der Waals surface area contributed by atoms with Gasteiger partial charge < -0.3 is 9.94 Å². The first-order valence-corrected chi connectivity index (χ1v) is 4.93. The van der Waals surface area contributed by atoms with E-state index in [-0.39, 0.29) is 17.2 Å². The zero-order valence-electron chi connectivity index (χ0n) is 8.90. The molecule has 0 unspecified atom stereocenters. The van der Waals surface area contributed by atoms with Crippen LogP contribution in [0, 0.1) is 0 Å². The molecule has 2 N–H and O–H groups in total. The Bertz CT molecular complexity index is 389. The Balaban J connectivity index is 2.66. The van der Waals surface area contributed by atoms with Crippen LogP contribution in [-0.4, -0.2) is 17.0 Å². The van der Waals surface area contributed by atoms with Gasteiger partial charge in [-0.2, -0.15) is 5.48 Å². The third kappa shape index (κ3) is 3.27. The van der Waals surface area contributed by atoms with Gasteiger partial charge in [-0.25, -0.2) is 4.79 Å². The fourth-order valence-corrected chi connectivity index (χ4v) is 1.12. The van der Waals surface area contributed by atoms with Crippen LogP contribution in [0.2, 0.25) is 0 Å². The Morgan fingerprint density at radius 1 is 1.38 bits per heavy atom. The van der Waals surface area contributed by atoms with E-state index in [0.29, 0.717) is 12.8 Å². The van der Waals surface area contributed by atoms with Crippen molar-refractivity contribution in [1.82, 2.24) is 5.48 Å². The fourth-order valence-electron chi connectivity index (χ4n) is 1.12. The number of carbonyl (C=O) groups excluding carboxylic acids is 1. The van der Waals surface area contributed by atoms with Crippen LogP contribution in [0.15, 0.2) is 24.3 Å². The zero-order chi connectivity index (χ0) is 12.0. The molecule has 86 valence electrons. The van der Waals surface area contributed by atoms with Gasteiger partial charge in [0, 0.05) is 6.42 Å². The van der Waals surface area contributed by atoms with Gasteiger partial charge >= 0.3 is 5.97 Å². The maximum atomic E-state index is 11.1. The van der Waals surface area contributed by atoms with Gasteiger partial charge in [0.2, 0.25) is 0 Å². The average Bonchev–Trinajstić information content (AvgIpc) is 2.27. The average molecular weight is 223 g/mol. The number of hydrogen-bond donors (Lipinski definition) is 2. The van der Waals surface area contributed by atoms with Crippen LogP contribution in [0.25, 0.3) is 0 Å². The highest BCUT2D eigenvalue weighted by Gasteiger charge is 2.11. The number of para-hydroxylation sites is 1. The lowest BCUT2D eigenvalue weighted by atomic mass is 10.2. The predicted octanol–water partition coefficient (Wildman–Crippen LogP) is 1.59. The molecule has 1 aromatic rings. The molecule has 1 amide bonds. The fraction of sp³-hybridized carbons (Fsp3) is 0.273. The van der Waals surface area contributed by atoms with E-state index < -0.39 is 5.97 Å². The van der Waals surface area contributed by atoms with Crippen molar-refractivity contribution in [2.75, 3.05) is 0 Å². The number of rotatable bonds is 5. The van der Waals surface area contributed by atoms with Crippen molar-refractivity contribution < 1.29 is 19.5 Å². The van der Waals surface area contributed by atoms with Gasteiger partial charge in [0.05, 0.1) is 0 Å². The number of carboxylic acids is 1. The highest BCUT2D eigenvalue weighted by molar-refractivity contribution is 5.90. The molecule has 0 aromatic heterocycles. The van der Waals surface area contributed by atoms with Crippen molar-refractivity contribution in [1.29, 1.82) is 0 Å². The van der Waals surface area contributed by atoms with Gasteiger partial charge in [0.25, 0.3) is 5.91 Å². The number of aromatic carboxylic acids is 1. The van der Waals surface area contributed by atoms with E-state index >= 15 is 0 Å². The lowest BCUT2D eigenvalue weighted by Gasteiger charge is -2.08. The van der Waals surface area contributed by atoms with Gasteiger partial charge in [0.15, 0.2) is 5.75 Å². The smallest absolute Gasteiger partial charge is 0.339 e. The van der Waals surface area contributed by atoms with Crippen molar-refractivity contribution in [2.45, 2.75) is 19.8 Å². The van der Waals surface area contributed by atoms with Crippen molar-refractivity contribution in [3.8, 4) is 5.75 Å². The van der Waals surface area contributed by atoms with Crippen LogP contribution in [0.3, 0.4) is 0 Å². The van der Waals surface area contributed by atoms with E-state index in [2.05, 4.69) is 5.48 Å². The summed E-state index contributed by atoms with van der Waals surface area (Å²) in [6.07, 6.45) is 1.05. The molecule has 0 saturated carbocycles. The first-order valence-electron chi connectivity index (χ1n) is 4.93. The lowest BCUT2D eigenvalue weighted by Crippen LogP contribution is -2.27. The third-order valence-electron chi connectivity index (χ3n) is 1.87. The summed E-state index contributed by atoms with van der Waals surface area (Å²) >= 11 is 0. The van der Waals surface area contributed by atoms with E-state index in [1.807, 2.05) is 6.92 Å². The summed E-state index contributed by atoms with van der Waals surface area (Å²) in [5.41, 5.74) is 2.21. The normalized spacial score (nSPS) is 9.56. The molecule has 1 rings (SSSR count). The van der Waals surface area contributed by atoms with Crippen molar-refractivity contribution in [2.24, 2.45) is 0 Å². The first kappa shape index (κ1) is 12.0. The Labute approximate surface area is 93.0 Å². The van der Waals surface area contributed by atoms with Gasteiger partial charge in [0.1, 0.15) is 5.56 Å². The lowest BCUT2D eigenvalue weighted by molar-refractivity contribution is -0.127. The molecule has 0 saturated heterocycles. The molecule has 5 heteroatoms. The molecule has 0 bridgehead atoms. The van der Waals surface area contributed by atoms with Gasteiger partial charge in [-0.1, -0.05) is 19.1 Å². The molecular weight excluding hydrogens is 210 g/mol. The minimum Gasteiger partial charge on any atom is -0.478 e. The molecule has 1 aromatic carbocycles. The van der Waals surface area contributed by atoms with Crippen molar-refractivity contribution in [3.63, 3.8) is 0 Å². The van der Waals surface area contributed by atoms with Crippen molar-refractivity contribution >= 4 is 11.9 Å². The molecule has 0 spiro atoms. The Hall–Kier alpha value is -2.04. The minimum atomic E-state index is -1.10. The molecule has 16 heavy (non-hydrogen) atoms. The van der Waals surface area contributed by atoms with Gasteiger partial charge in [-0.15, -0.1) is 0 Å². The van der Waals surface area contributed by atoms with E-state index in [0.717, 1.165) is 0 Å². The molecule has 0 fully saturated rings. The molecular formula is C11H13NO4. The largest absolute Gasteiger partial charge is 0.478 e. The summed E-state index contributed by atoms with van der Waals surface area (Å²) in [7, 11) is 0. The topological polar surface area (TPSA) is 75.6 Å². The number of carboxylic acid groups (broad SMARTS) is 1. The molecule has 0 aliphatic carbocycles. The highest BCUT2D eigenvalue weighted by Crippen LogP contribution is 2.16. The van der Waals surface area contributed by atoms with E-state index in [1.54, 1.807) is 12.1 Å². The molecule has 0 atom stereocenters. The maximum absolute atomic E-state index is 11.1. The summed E-state index contributed by atoms with van der Waals surface area (Å²) in [5, 5.41) is 8.84. The molecule has 0 radical (unpaired) electrons. The first-order chi connectivity index (χ1) is 7.65. The van der Waals surface area contributed by atoms with Crippen molar-refractivity contribution in [3.05, 3.63) is 29.8 Å². The third-order valence-corrected chi connectivity index (χ3v) is 1.87. The van der Waals surface area contributed by atoms with Crippen LogP contribution in [0.5, 0.6) is 5.75 Å². The number of hydrogen-bond acceptors (Lipinski definition) is 3. The summed E-state index contributed by atoms with van der Waals surface area (Å²) < 4.78 is 0. The second kappa shape index (κ2) is 5.75. The van der Waals surface area contributed by atoms with E-state index in [9.17, 15) is 9.59 Å². The number of hydroxylamine groups is 1. The SMILES string of the molecule is CCCC(=O)NOc1ccccc1C(=O)O. The number of benzene rings is 1. The summed E-state index contributed by atoms with van der Waals surface area (Å²) in [4.78, 5) is 26.8. The second-order valence-electron chi connectivity index (χ2n) is 3.18. The van der Waals surface area contributed by atoms with Crippen LogP contribution < -0.4 is 10.3 Å². The number of amides is 1. The molecule has 0 heterocycles.